The van der Waals surface area contributed by atoms with Crippen molar-refractivity contribution in [3.05, 3.63) is 89.4 Å². The topological polar surface area (TPSA) is 87.3 Å². The number of benzene rings is 2. The van der Waals surface area contributed by atoms with Gasteiger partial charge >= 0.3 is 5.97 Å². The summed E-state index contributed by atoms with van der Waals surface area (Å²) in [4.78, 5) is 20.8. The zero-order valence-corrected chi connectivity index (χ0v) is 18.0. The molecule has 7 nitrogen and oxygen atoms in total. The lowest BCUT2D eigenvalue weighted by molar-refractivity contribution is -0.149. The molecule has 0 fully saturated rings. The van der Waals surface area contributed by atoms with Gasteiger partial charge in [-0.2, -0.15) is 4.98 Å². The van der Waals surface area contributed by atoms with Gasteiger partial charge in [0.15, 0.2) is 0 Å². The Hall–Kier alpha value is -3.71. The monoisotopic (exact) mass is 449 g/mol. The van der Waals surface area contributed by atoms with Crippen LogP contribution in [-0.2, 0) is 22.6 Å². The van der Waals surface area contributed by atoms with Crippen LogP contribution in [0.3, 0.4) is 0 Å². The van der Waals surface area contributed by atoms with Gasteiger partial charge in [0.05, 0.1) is 10.9 Å². The molecule has 2 heterocycles. The average molecular weight is 450 g/mol. The Bertz CT molecular complexity index is 1160. The number of nitrogens with zero attached hydrogens (tertiary/aromatic N) is 3. The maximum atomic E-state index is 12.3. The van der Waals surface area contributed by atoms with Crippen molar-refractivity contribution in [2.24, 2.45) is 5.92 Å². The molecule has 4 rings (SSSR count). The van der Waals surface area contributed by atoms with E-state index in [1.807, 2.05) is 42.5 Å². The Morgan fingerprint density at radius 1 is 1.06 bits per heavy atom. The van der Waals surface area contributed by atoms with Crippen molar-refractivity contribution in [1.82, 2.24) is 15.1 Å². The quantitative estimate of drug-likeness (QED) is 0.328. The molecule has 0 N–H and O–H groups in total. The number of carbonyl (C=O) groups excluding carboxylic acids is 1. The molecule has 4 aromatic rings. The van der Waals surface area contributed by atoms with Crippen LogP contribution >= 0.6 is 11.6 Å². The summed E-state index contributed by atoms with van der Waals surface area (Å²) in [6.07, 6.45) is 1.81. The summed E-state index contributed by atoms with van der Waals surface area (Å²) in [5.74, 6) is 1.13. The standard InChI is InChI=1S/C24H20ClN3O4/c1-16(24(29)30-15-17-5-3-2-4-6-17)13-22-27-23(28-32-22)18-7-10-20(11-8-18)31-21-12-9-19(25)14-26-21/h2-12,14,16H,13,15H2,1H3/t16-/m0/s1. The number of rotatable bonds is 8. The number of carbonyl (C=O) groups is 1. The van der Waals surface area contributed by atoms with Crippen LogP contribution in [0.15, 0.2) is 77.4 Å². The summed E-state index contributed by atoms with van der Waals surface area (Å²) >= 11 is 5.83. The fourth-order valence-electron chi connectivity index (χ4n) is 2.89. The van der Waals surface area contributed by atoms with Crippen molar-refractivity contribution in [3.8, 4) is 23.0 Å². The Morgan fingerprint density at radius 3 is 2.56 bits per heavy atom. The molecule has 1 atom stereocenters. The Morgan fingerprint density at radius 2 is 1.84 bits per heavy atom. The average Bonchev–Trinajstić information content (AvgIpc) is 3.28. The molecule has 162 valence electrons. The molecule has 0 aliphatic heterocycles. The lowest BCUT2D eigenvalue weighted by atomic mass is 10.1. The number of hydrogen-bond donors (Lipinski definition) is 0. The molecule has 32 heavy (non-hydrogen) atoms. The molecule has 0 saturated heterocycles. The summed E-state index contributed by atoms with van der Waals surface area (Å²) in [7, 11) is 0. The second-order valence-corrected chi connectivity index (χ2v) is 7.59. The van der Waals surface area contributed by atoms with E-state index in [4.69, 9.17) is 25.6 Å². The van der Waals surface area contributed by atoms with E-state index in [2.05, 4.69) is 15.1 Å². The highest BCUT2D eigenvalue weighted by atomic mass is 35.5. The number of hydrogen-bond acceptors (Lipinski definition) is 7. The highest BCUT2D eigenvalue weighted by Gasteiger charge is 2.19. The zero-order valence-electron chi connectivity index (χ0n) is 17.3. The van der Waals surface area contributed by atoms with Gasteiger partial charge in [-0.25, -0.2) is 4.98 Å². The molecule has 0 unspecified atom stereocenters. The van der Waals surface area contributed by atoms with E-state index in [0.717, 1.165) is 11.1 Å². The normalized spacial score (nSPS) is 11.7. The molecule has 0 saturated carbocycles. The first-order chi connectivity index (χ1) is 15.6. The number of ether oxygens (including phenoxy) is 2. The van der Waals surface area contributed by atoms with Crippen LogP contribution in [0.1, 0.15) is 18.4 Å². The van der Waals surface area contributed by atoms with Crippen LogP contribution in [0.5, 0.6) is 11.6 Å². The minimum absolute atomic E-state index is 0.235. The second-order valence-electron chi connectivity index (χ2n) is 7.15. The molecule has 0 amide bonds. The summed E-state index contributed by atoms with van der Waals surface area (Å²) in [6.45, 7) is 2.01. The van der Waals surface area contributed by atoms with Crippen molar-refractivity contribution < 1.29 is 18.8 Å². The van der Waals surface area contributed by atoms with Gasteiger partial charge in [0, 0.05) is 24.2 Å². The Labute approximate surface area is 190 Å². The minimum atomic E-state index is -0.408. The highest BCUT2D eigenvalue weighted by Crippen LogP contribution is 2.24. The number of aromatic nitrogens is 3. The third-order valence-electron chi connectivity index (χ3n) is 4.61. The fourth-order valence-corrected chi connectivity index (χ4v) is 3.00. The zero-order chi connectivity index (χ0) is 22.3. The van der Waals surface area contributed by atoms with Gasteiger partial charge in [-0.1, -0.05) is 54.0 Å². The van der Waals surface area contributed by atoms with Gasteiger partial charge in [-0.15, -0.1) is 0 Å². The van der Waals surface area contributed by atoms with E-state index in [1.165, 1.54) is 6.20 Å². The summed E-state index contributed by atoms with van der Waals surface area (Å²) < 4.78 is 16.4. The van der Waals surface area contributed by atoms with Crippen molar-refractivity contribution in [3.63, 3.8) is 0 Å². The predicted molar refractivity (Wildman–Crippen MR) is 118 cm³/mol. The van der Waals surface area contributed by atoms with E-state index in [9.17, 15) is 4.79 Å². The van der Waals surface area contributed by atoms with E-state index in [-0.39, 0.29) is 12.6 Å². The van der Waals surface area contributed by atoms with Gasteiger partial charge in [0.25, 0.3) is 0 Å². The molecule has 2 aromatic heterocycles. The van der Waals surface area contributed by atoms with Crippen LogP contribution < -0.4 is 4.74 Å². The van der Waals surface area contributed by atoms with Gasteiger partial charge in [-0.3, -0.25) is 4.79 Å². The van der Waals surface area contributed by atoms with Gasteiger partial charge in [-0.05, 0) is 35.9 Å². The molecule has 0 bridgehead atoms. The van der Waals surface area contributed by atoms with E-state index >= 15 is 0 Å². The first kappa shape index (κ1) is 21.5. The molecule has 0 radical (unpaired) electrons. The molecular formula is C24H20ClN3O4. The van der Waals surface area contributed by atoms with Crippen molar-refractivity contribution >= 4 is 17.6 Å². The minimum Gasteiger partial charge on any atom is -0.461 e. The van der Waals surface area contributed by atoms with Crippen molar-refractivity contribution in [1.29, 1.82) is 0 Å². The maximum Gasteiger partial charge on any atom is 0.309 e. The van der Waals surface area contributed by atoms with Gasteiger partial charge in [0.2, 0.25) is 17.6 Å². The number of esters is 1. The SMILES string of the molecule is C[C@@H](Cc1nc(-c2ccc(Oc3ccc(Cl)cn3)cc2)no1)C(=O)OCc1ccccc1. The highest BCUT2D eigenvalue weighted by molar-refractivity contribution is 6.30. The molecule has 0 aliphatic carbocycles. The summed E-state index contributed by atoms with van der Waals surface area (Å²) in [5.41, 5.74) is 1.70. The first-order valence-corrected chi connectivity index (χ1v) is 10.4. The fraction of sp³-hybridized carbons (Fsp3) is 0.167. The summed E-state index contributed by atoms with van der Waals surface area (Å²) in [5, 5.41) is 4.55. The van der Waals surface area contributed by atoms with Crippen LogP contribution in [0, 0.1) is 5.92 Å². The first-order valence-electron chi connectivity index (χ1n) is 10.00. The third kappa shape index (κ3) is 5.70. The third-order valence-corrected chi connectivity index (χ3v) is 4.83. The number of pyridine rings is 1. The van der Waals surface area contributed by atoms with Crippen LogP contribution in [0.4, 0.5) is 0 Å². The number of halogens is 1. The predicted octanol–water partition coefficient (Wildman–Crippen LogP) is 5.50. The lowest BCUT2D eigenvalue weighted by Gasteiger charge is -2.09. The van der Waals surface area contributed by atoms with Gasteiger partial charge in [0.1, 0.15) is 12.4 Å². The van der Waals surface area contributed by atoms with Gasteiger partial charge < -0.3 is 14.0 Å². The molecule has 8 heteroatoms. The second kappa shape index (κ2) is 10.1. The van der Waals surface area contributed by atoms with Crippen molar-refractivity contribution in [2.75, 3.05) is 0 Å². The lowest BCUT2D eigenvalue weighted by Crippen LogP contribution is -2.17. The Balaban J connectivity index is 1.32. The summed E-state index contributed by atoms with van der Waals surface area (Å²) in [6, 6.07) is 20.1. The van der Waals surface area contributed by atoms with E-state index in [0.29, 0.717) is 34.8 Å². The Kier molecular flexibility index (Phi) is 6.77. The van der Waals surface area contributed by atoms with Crippen LogP contribution in [-0.4, -0.2) is 21.1 Å². The van der Waals surface area contributed by atoms with Crippen LogP contribution in [0.25, 0.3) is 11.4 Å². The van der Waals surface area contributed by atoms with E-state index < -0.39 is 5.92 Å². The maximum absolute atomic E-state index is 12.3. The van der Waals surface area contributed by atoms with Crippen molar-refractivity contribution in [2.45, 2.75) is 20.0 Å². The molecule has 0 spiro atoms. The molecule has 0 aliphatic rings. The van der Waals surface area contributed by atoms with E-state index in [1.54, 1.807) is 31.2 Å². The largest absolute Gasteiger partial charge is 0.461 e. The molecular weight excluding hydrogens is 430 g/mol. The smallest absolute Gasteiger partial charge is 0.309 e. The van der Waals surface area contributed by atoms with Crippen LogP contribution in [0.2, 0.25) is 5.02 Å². The molecule has 2 aromatic carbocycles.